The Balaban J connectivity index is 1.50. The Morgan fingerprint density at radius 2 is 1.51 bits per heavy atom. The molecule has 0 unspecified atom stereocenters. The summed E-state index contributed by atoms with van der Waals surface area (Å²) in [5.74, 6) is -0.396. The van der Waals surface area contributed by atoms with E-state index in [1.54, 1.807) is 36.4 Å². The third-order valence-corrected chi connectivity index (χ3v) is 10.3. The number of carbonyl (C=O) groups is 1. The quantitative estimate of drug-likeness (QED) is 0.485. The third-order valence-electron chi connectivity index (χ3n) is 6.50. The molecule has 1 heterocycles. The van der Waals surface area contributed by atoms with Crippen LogP contribution in [0.3, 0.4) is 0 Å². The van der Waals surface area contributed by atoms with E-state index in [0.717, 1.165) is 16.7 Å². The Morgan fingerprint density at radius 1 is 0.865 bits per heavy atom. The smallest absolute Gasteiger partial charge is 0.263 e. The average molecular weight is 562 g/mol. The molecule has 11 heteroatoms. The summed E-state index contributed by atoms with van der Waals surface area (Å²) < 4.78 is 56.2. The summed E-state index contributed by atoms with van der Waals surface area (Å²) in [6.45, 7) is 6.20. The van der Waals surface area contributed by atoms with Gasteiger partial charge in [0.25, 0.3) is 15.9 Å². The van der Waals surface area contributed by atoms with Gasteiger partial charge in [-0.25, -0.2) is 16.8 Å². The van der Waals surface area contributed by atoms with Gasteiger partial charge >= 0.3 is 0 Å². The van der Waals surface area contributed by atoms with Crippen molar-refractivity contribution in [2.45, 2.75) is 30.6 Å². The van der Waals surface area contributed by atoms with Crippen LogP contribution < -0.4 is 4.72 Å². The SMILES string of the molecule is Cc1ccc(S(=O)(=O)N2CCN(C(=O)c3ccc(Cl)c(S(=O)(=O)Nc4cccc(C)c4C)c3)CC2)cc1. The maximum Gasteiger partial charge on any atom is 0.263 e. The number of amides is 1. The van der Waals surface area contributed by atoms with E-state index in [2.05, 4.69) is 4.72 Å². The van der Waals surface area contributed by atoms with Crippen LogP contribution in [0, 0.1) is 20.8 Å². The zero-order valence-corrected chi connectivity index (χ0v) is 23.1. The summed E-state index contributed by atoms with van der Waals surface area (Å²) >= 11 is 6.23. The average Bonchev–Trinajstić information content (AvgIpc) is 2.87. The number of aryl methyl sites for hydroxylation is 2. The van der Waals surface area contributed by atoms with Gasteiger partial charge < -0.3 is 4.90 Å². The van der Waals surface area contributed by atoms with Crippen molar-refractivity contribution in [3.63, 3.8) is 0 Å². The van der Waals surface area contributed by atoms with Crippen molar-refractivity contribution in [1.82, 2.24) is 9.21 Å². The second-order valence-electron chi connectivity index (χ2n) is 9.01. The van der Waals surface area contributed by atoms with E-state index < -0.39 is 26.0 Å². The van der Waals surface area contributed by atoms with Gasteiger partial charge in [0.05, 0.1) is 15.6 Å². The molecule has 37 heavy (non-hydrogen) atoms. The molecule has 0 aromatic heterocycles. The number of carbonyl (C=O) groups excluding carboxylic acids is 1. The maximum atomic E-state index is 13.2. The van der Waals surface area contributed by atoms with Gasteiger partial charge in [0.2, 0.25) is 10.0 Å². The van der Waals surface area contributed by atoms with Crippen LogP contribution in [0.4, 0.5) is 5.69 Å². The van der Waals surface area contributed by atoms with Crippen LogP contribution in [-0.4, -0.2) is 58.1 Å². The van der Waals surface area contributed by atoms with Crippen LogP contribution in [0.5, 0.6) is 0 Å². The first kappa shape index (κ1) is 27.1. The largest absolute Gasteiger partial charge is 0.336 e. The minimum Gasteiger partial charge on any atom is -0.336 e. The minimum atomic E-state index is -4.07. The number of nitrogens with one attached hydrogen (secondary N) is 1. The van der Waals surface area contributed by atoms with Crippen LogP contribution >= 0.6 is 11.6 Å². The highest BCUT2D eigenvalue weighted by molar-refractivity contribution is 7.92. The van der Waals surface area contributed by atoms with Crippen molar-refractivity contribution in [3.05, 3.63) is 87.9 Å². The summed E-state index contributed by atoms with van der Waals surface area (Å²) in [6.07, 6.45) is 0. The molecular formula is C26H28ClN3O5S2. The Kier molecular flexibility index (Phi) is 7.66. The van der Waals surface area contributed by atoms with Crippen molar-refractivity contribution < 1.29 is 21.6 Å². The topological polar surface area (TPSA) is 104 Å². The number of halogens is 1. The first-order chi connectivity index (χ1) is 17.4. The van der Waals surface area contributed by atoms with E-state index in [9.17, 15) is 21.6 Å². The normalized spacial score (nSPS) is 15.0. The lowest BCUT2D eigenvalue weighted by molar-refractivity contribution is 0.0697. The lowest BCUT2D eigenvalue weighted by Gasteiger charge is -2.34. The predicted molar refractivity (Wildman–Crippen MR) is 144 cm³/mol. The molecule has 0 bridgehead atoms. The lowest BCUT2D eigenvalue weighted by Crippen LogP contribution is -2.50. The molecule has 1 fully saturated rings. The number of benzene rings is 3. The van der Waals surface area contributed by atoms with E-state index in [0.29, 0.717) is 5.69 Å². The van der Waals surface area contributed by atoms with Gasteiger partial charge in [0, 0.05) is 31.7 Å². The van der Waals surface area contributed by atoms with Crippen LogP contribution in [0.2, 0.25) is 5.02 Å². The van der Waals surface area contributed by atoms with E-state index in [1.165, 1.54) is 27.4 Å². The molecule has 1 aliphatic rings. The molecule has 0 aliphatic carbocycles. The van der Waals surface area contributed by atoms with Gasteiger partial charge in [-0.05, 0) is 68.3 Å². The zero-order valence-electron chi connectivity index (χ0n) is 20.7. The van der Waals surface area contributed by atoms with Gasteiger partial charge in [-0.15, -0.1) is 0 Å². The highest BCUT2D eigenvalue weighted by Gasteiger charge is 2.31. The molecule has 4 rings (SSSR count). The summed E-state index contributed by atoms with van der Waals surface area (Å²) in [6, 6.07) is 16.0. The number of hydrogen-bond acceptors (Lipinski definition) is 5. The molecule has 196 valence electrons. The van der Waals surface area contributed by atoms with Crippen LogP contribution in [0.25, 0.3) is 0 Å². The highest BCUT2D eigenvalue weighted by atomic mass is 35.5. The summed E-state index contributed by atoms with van der Waals surface area (Å²) in [5, 5.41) is -0.0108. The number of sulfonamides is 2. The molecule has 0 atom stereocenters. The van der Waals surface area contributed by atoms with Crippen LogP contribution in [0.15, 0.2) is 70.5 Å². The van der Waals surface area contributed by atoms with Crippen molar-refractivity contribution in [2.24, 2.45) is 0 Å². The second-order valence-corrected chi connectivity index (χ2v) is 13.0. The van der Waals surface area contributed by atoms with Gasteiger partial charge in [-0.1, -0.05) is 41.4 Å². The number of rotatable bonds is 6. The molecule has 8 nitrogen and oxygen atoms in total. The van der Waals surface area contributed by atoms with Crippen molar-refractivity contribution in [2.75, 3.05) is 30.9 Å². The van der Waals surface area contributed by atoms with Gasteiger partial charge in [-0.2, -0.15) is 4.31 Å². The van der Waals surface area contributed by atoms with E-state index in [4.69, 9.17) is 11.6 Å². The second kappa shape index (κ2) is 10.4. The predicted octanol–water partition coefficient (Wildman–Crippen LogP) is 4.21. The number of piperazine rings is 1. The summed E-state index contributed by atoms with van der Waals surface area (Å²) in [7, 11) is -7.74. The van der Waals surface area contributed by atoms with Gasteiger partial charge in [0.1, 0.15) is 4.90 Å². The summed E-state index contributed by atoms with van der Waals surface area (Å²) in [5.41, 5.74) is 3.26. The van der Waals surface area contributed by atoms with Crippen molar-refractivity contribution in [1.29, 1.82) is 0 Å². The standard InChI is InChI=1S/C26H28ClN3O5S2/c1-18-7-10-22(11-8-18)37(34,35)30-15-13-29(14-16-30)26(31)21-9-12-23(27)25(17-21)36(32,33)28-24-6-4-5-19(2)20(24)3/h4-12,17,28H,13-16H2,1-3H3. The Bertz CT molecular complexity index is 1550. The Morgan fingerprint density at radius 3 is 2.16 bits per heavy atom. The Labute approximate surface area is 223 Å². The number of anilines is 1. The first-order valence-corrected chi connectivity index (χ1v) is 14.9. The molecule has 3 aromatic carbocycles. The molecule has 0 saturated carbocycles. The van der Waals surface area contributed by atoms with E-state index in [-0.39, 0.29) is 46.6 Å². The number of hydrogen-bond donors (Lipinski definition) is 1. The third kappa shape index (κ3) is 5.67. The first-order valence-electron chi connectivity index (χ1n) is 11.6. The Hall–Kier alpha value is -2.92. The fourth-order valence-electron chi connectivity index (χ4n) is 4.08. The molecule has 3 aromatic rings. The zero-order chi connectivity index (χ0) is 27.0. The summed E-state index contributed by atoms with van der Waals surface area (Å²) in [4.78, 5) is 14.7. The minimum absolute atomic E-state index is 0.0108. The van der Waals surface area contributed by atoms with Crippen LogP contribution in [0.1, 0.15) is 27.0 Å². The molecule has 0 spiro atoms. The molecule has 1 aliphatic heterocycles. The molecule has 0 radical (unpaired) electrons. The molecular weight excluding hydrogens is 534 g/mol. The monoisotopic (exact) mass is 561 g/mol. The van der Waals surface area contributed by atoms with E-state index in [1.807, 2.05) is 26.8 Å². The van der Waals surface area contributed by atoms with Crippen molar-refractivity contribution in [3.8, 4) is 0 Å². The molecule has 1 N–H and O–H groups in total. The van der Waals surface area contributed by atoms with Gasteiger partial charge in [0.15, 0.2) is 0 Å². The van der Waals surface area contributed by atoms with Crippen LogP contribution in [-0.2, 0) is 20.0 Å². The highest BCUT2D eigenvalue weighted by Crippen LogP contribution is 2.28. The van der Waals surface area contributed by atoms with E-state index >= 15 is 0 Å². The molecule has 1 amide bonds. The van der Waals surface area contributed by atoms with Gasteiger partial charge in [-0.3, -0.25) is 9.52 Å². The fraction of sp³-hybridized carbons (Fsp3) is 0.269. The fourth-order valence-corrected chi connectivity index (χ4v) is 7.15. The van der Waals surface area contributed by atoms with Crippen molar-refractivity contribution >= 4 is 43.2 Å². The maximum absolute atomic E-state index is 13.2. The number of nitrogens with zero attached hydrogens (tertiary/aromatic N) is 2. The lowest BCUT2D eigenvalue weighted by atomic mass is 10.1. The molecule has 1 saturated heterocycles.